The van der Waals surface area contributed by atoms with Gasteiger partial charge in [-0.15, -0.1) is 0 Å². The molecule has 6 heteroatoms. The van der Waals surface area contributed by atoms with Crippen molar-refractivity contribution < 1.29 is 28.6 Å². The van der Waals surface area contributed by atoms with E-state index in [-0.39, 0.29) is 31.1 Å². The van der Waals surface area contributed by atoms with Crippen LogP contribution in [0.15, 0.2) is 0 Å². The minimum absolute atomic E-state index is 0.0614. The Labute approximate surface area is 418 Å². The Bertz CT molecular complexity index is 1010. The van der Waals surface area contributed by atoms with Crippen molar-refractivity contribution in [2.24, 2.45) is 5.92 Å². The third-order valence-corrected chi connectivity index (χ3v) is 14.0. The van der Waals surface area contributed by atoms with E-state index in [9.17, 15) is 14.4 Å². The summed E-state index contributed by atoms with van der Waals surface area (Å²) in [4.78, 5) is 38.2. The van der Waals surface area contributed by atoms with Crippen LogP contribution in [0.2, 0.25) is 0 Å². The summed E-state index contributed by atoms with van der Waals surface area (Å²) in [6, 6.07) is 0. The number of rotatable bonds is 56. The van der Waals surface area contributed by atoms with Crippen molar-refractivity contribution in [2.75, 3.05) is 13.2 Å². The van der Waals surface area contributed by atoms with Gasteiger partial charge in [-0.25, -0.2) is 0 Å². The van der Waals surface area contributed by atoms with Crippen LogP contribution in [0.4, 0.5) is 0 Å². The molecule has 0 aliphatic carbocycles. The van der Waals surface area contributed by atoms with Crippen molar-refractivity contribution >= 4 is 17.9 Å². The Kier molecular flexibility index (Phi) is 54.0. The largest absolute Gasteiger partial charge is 0.462 e. The second-order valence-corrected chi connectivity index (χ2v) is 21.5. The first-order valence-electron chi connectivity index (χ1n) is 30.4. The Morgan fingerprint density at radius 2 is 0.493 bits per heavy atom. The van der Waals surface area contributed by atoms with E-state index in [1.807, 2.05) is 0 Å². The molecule has 0 bridgehead atoms. The second kappa shape index (κ2) is 55.3. The van der Waals surface area contributed by atoms with Crippen LogP contribution in [-0.2, 0) is 28.6 Å². The predicted octanol–water partition coefficient (Wildman–Crippen LogP) is 20.2. The topological polar surface area (TPSA) is 78.9 Å². The fraction of sp³-hybridized carbons (Fsp3) is 0.951. The quantitative estimate of drug-likeness (QED) is 0.0343. The molecule has 398 valence electrons. The third-order valence-electron chi connectivity index (χ3n) is 14.0. The highest BCUT2D eigenvalue weighted by Gasteiger charge is 2.19. The van der Waals surface area contributed by atoms with Gasteiger partial charge in [0, 0.05) is 19.3 Å². The minimum atomic E-state index is -0.762. The number of esters is 3. The molecular formula is C61H118O6. The van der Waals surface area contributed by atoms with Crippen LogP contribution in [0.3, 0.4) is 0 Å². The number of hydrogen-bond acceptors (Lipinski definition) is 6. The van der Waals surface area contributed by atoms with Gasteiger partial charge in [-0.1, -0.05) is 310 Å². The van der Waals surface area contributed by atoms with Crippen molar-refractivity contribution in [3.63, 3.8) is 0 Å². The Morgan fingerprint density at radius 1 is 0.284 bits per heavy atom. The standard InChI is InChI=1S/C61H118O6/c1-5-7-9-11-13-15-17-19-23-28-32-36-40-44-48-52-59(62)65-55-58(67-61(64)54-50-46-42-38-34-30-24-20-18-16-14-12-10-8-6-2)56-66-60(63)53-49-45-41-37-33-29-26-22-21-25-27-31-35-39-43-47-51-57(3)4/h57-58H,5-56H2,1-4H3/t58-/m1/s1. The number of carbonyl (C=O) groups excluding carboxylic acids is 3. The molecule has 0 unspecified atom stereocenters. The zero-order valence-electron chi connectivity index (χ0n) is 45.9. The van der Waals surface area contributed by atoms with Crippen molar-refractivity contribution in [3.8, 4) is 0 Å². The van der Waals surface area contributed by atoms with Gasteiger partial charge < -0.3 is 14.2 Å². The lowest BCUT2D eigenvalue weighted by Crippen LogP contribution is -2.30. The molecule has 0 spiro atoms. The fourth-order valence-corrected chi connectivity index (χ4v) is 9.46. The molecule has 0 aliphatic heterocycles. The van der Waals surface area contributed by atoms with Gasteiger partial charge in [0.25, 0.3) is 0 Å². The second-order valence-electron chi connectivity index (χ2n) is 21.5. The highest BCUT2D eigenvalue weighted by molar-refractivity contribution is 5.71. The predicted molar refractivity (Wildman–Crippen MR) is 289 cm³/mol. The first-order valence-corrected chi connectivity index (χ1v) is 30.4. The molecule has 67 heavy (non-hydrogen) atoms. The molecule has 0 aromatic rings. The first kappa shape index (κ1) is 65.4. The molecule has 0 aliphatic rings. The lowest BCUT2D eigenvalue weighted by Gasteiger charge is -2.18. The molecular weight excluding hydrogens is 829 g/mol. The van der Waals surface area contributed by atoms with Crippen LogP contribution >= 0.6 is 0 Å². The summed E-state index contributed by atoms with van der Waals surface area (Å²) in [5.41, 5.74) is 0. The number of hydrogen-bond donors (Lipinski definition) is 0. The highest BCUT2D eigenvalue weighted by Crippen LogP contribution is 2.18. The van der Waals surface area contributed by atoms with Gasteiger partial charge >= 0.3 is 17.9 Å². The summed E-state index contributed by atoms with van der Waals surface area (Å²) in [6.45, 7) is 9.08. The van der Waals surface area contributed by atoms with Crippen molar-refractivity contribution in [3.05, 3.63) is 0 Å². The maximum Gasteiger partial charge on any atom is 0.306 e. The molecule has 0 heterocycles. The lowest BCUT2D eigenvalue weighted by atomic mass is 10.0. The first-order chi connectivity index (χ1) is 32.9. The van der Waals surface area contributed by atoms with Crippen LogP contribution in [0, 0.1) is 5.92 Å². The Balaban J connectivity index is 4.27. The fourth-order valence-electron chi connectivity index (χ4n) is 9.46. The molecule has 0 fully saturated rings. The molecule has 6 nitrogen and oxygen atoms in total. The molecule has 0 aromatic carbocycles. The smallest absolute Gasteiger partial charge is 0.306 e. The molecule has 0 saturated heterocycles. The van der Waals surface area contributed by atoms with Gasteiger partial charge in [0.05, 0.1) is 0 Å². The maximum atomic E-state index is 12.9. The monoisotopic (exact) mass is 947 g/mol. The summed E-state index contributed by atoms with van der Waals surface area (Å²) in [6.07, 6.45) is 60.9. The van der Waals surface area contributed by atoms with Crippen LogP contribution in [0.25, 0.3) is 0 Å². The summed E-state index contributed by atoms with van der Waals surface area (Å²) < 4.78 is 16.9. The van der Waals surface area contributed by atoms with E-state index in [0.717, 1.165) is 63.7 Å². The van der Waals surface area contributed by atoms with Crippen molar-refractivity contribution in [1.82, 2.24) is 0 Å². The van der Waals surface area contributed by atoms with E-state index >= 15 is 0 Å². The SMILES string of the molecule is CCCCCCCCCCCCCCCCCC(=O)OC[C@H](COC(=O)CCCCCCCCCCCCCCCCCCC(C)C)OC(=O)CCCCCCCCCCCCCCCCC. The zero-order chi connectivity index (χ0) is 48.8. The Hall–Kier alpha value is -1.59. The van der Waals surface area contributed by atoms with E-state index in [1.165, 1.54) is 244 Å². The molecule has 0 N–H and O–H groups in total. The Morgan fingerprint density at radius 3 is 0.731 bits per heavy atom. The summed E-state index contributed by atoms with van der Waals surface area (Å²) >= 11 is 0. The minimum Gasteiger partial charge on any atom is -0.462 e. The van der Waals surface area contributed by atoms with Crippen LogP contribution in [0.5, 0.6) is 0 Å². The lowest BCUT2D eigenvalue weighted by molar-refractivity contribution is -0.167. The van der Waals surface area contributed by atoms with E-state index in [0.29, 0.717) is 19.3 Å². The van der Waals surface area contributed by atoms with Crippen molar-refractivity contribution in [2.45, 2.75) is 355 Å². The number of carbonyl (C=O) groups is 3. The van der Waals surface area contributed by atoms with E-state index in [1.54, 1.807) is 0 Å². The summed E-state index contributed by atoms with van der Waals surface area (Å²) in [5, 5.41) is 0. The van der Waals surface area contributed by atoms with Gasteiger partial charge in [-0.2, -0.15) is 0 Å². The summed E-state index contributed by atoms with van der Waals surface area (Å²) in [5.74, 6) is 0.0224. The number of ether oxygens (including phenoxy) is 3. The zero-order valence-corrected chi connectivity index (χ0v) is 45.9. The van der Waals surface area contributed by atoms with Crippen LogP contribution in [-0.4, -0.2) is 37.2 Å². The highest BCUT2D eigenvalue weighted by atomic mass is 16.6. The molecule has 0 radical (unpaired) electrons. The average molecular weight is 948 g/mol. The third kappa shape index (κ3) is 55.2. The van der Waals surface area contributed by atoms with E-state index in [4.69, 9.17) is 14.2 Å². The average Bonchev–Trinajstić information content (AvgIpc) is 3.31. The van der Waals surface area contributed by atoms with E-state index in [2.05, 4.69) is 27.7 Å². The van der Waals surface area contributed by atoms with Gasteiger partial charge in [-0.05, 0) is 25.2 Å². The normalized spacial score (nSPS) is 12.0. The molecule has 0 amide bonds. The van der Waals surface area contributed by atoms with Crippen LogP contribution < -0.4 is 0 Å². The molecule has 1 atom stereocenters. The van der Waals surface area contributed by atoms with Gasteiger partial charge in [0.15, 0.2) is 6.10 Å². The maximum absolute atomic E-state index is 12.9. The van der Waals surface area contributed by atoms with Gasteiger partial charge in [0.2, 0.25) is 0 Å². The summed E-state index contributed by atoms with van der Waals surface area (Å²) in [7, 11) is 0. The molecule has 0 aromatic heterocycles. The molecule has 0 rings (SSSR count). The van der Waals surface area contributed by atoms with E-state index < -0.39 is 6.10 Å². The van der Waals surface area contributed by atoms with Crippen molar-refractivity contribution in [1.29, 1.82) is 0 Å². The molecule has 0 saturated carbocycles. The van der Waals surface area contributed by atoms with Gasteiger partial charge in [0.1, 0.15) is 13.2 Å². The van der Waals surface area contributed by atoms with Crippen LogP contribution in [0.1, 0.15) is 349 Å². The number of unbranched alkanes of at least 4 members (excludes halogenated alkanes) is 43. The van der Waals surface area contributed by atoms with Gasteiger partial charge in [-0.3, -0.25) is 14.4 Å².